The molecule has 2 heterocycles. The van der Waals surface area contributed by atoms with Crippen molar-refractivity contribution in [3.63, 3.8) is 0 Å². The van der Waals surface area contributed by atoms with Crippen LogP contribution in [0.3, 0.4) is 0 Å². The van der Waals surface area contributed by atoms with Crippen LogP contribution in [-0.4, -0.2) is 9.97 Å². The van der Waals surface area contributed by atoms with Crippen LogP contribution in [-0.2, 0) is 5.41 Å². The Kier molecular flexibility index (Phi) is 2.79. The van der Waals surface area contributed by atoms with E-state index in [-0.39, 0.29) is 11.0 Å². The molecule has 0 unspecified atom stereocenters. The molecule has 90 valence electrons. The number of anilines is 1. The van der Waals surface area contributed by atoms with Gasteiger partial charge in [0.05, 0.1) is 11.3 Å². The number of nitrogens with zero attached hydrogens (tertiary/aromatic N) is 1. The van der Waals surface area contributed by atoms with Crippen molar-refractivity contribution in [1.29, 1.82) is 0 Å². The van der Waals surface area contributed by atoms with Crippen LogP contribution in [0.1, 0.15) is 26.5 Å². The van der Waals surface area contributed by atoms with E-state index in [1.54, 1.807) is 11.4 Å². The summed E-state index contributed by atoms with van der Waals surface area (Å²) in [6, 6.07) is 3.72. The number of thiazole rings is 1. The Labute approximate surface area is 104 Å². The fourth-order valence-electron chi connectivity index (χ4n) is 1.52. The standard InChI is InChI=1S/C12H15N3OS/c1-12(2,3)9-5-4-7(10(16)15-9)8-6-17-11(13)14-8/h4-6H,1-3H3,(H2,13,14)(H,15,16). The van der Waals surface area contributed by atoms with Crippen LogP contribution in [0.5, 0.6) is 0 Å². The van der Waals surface area contributed by atoms with Gasteiger partial charge < -0.3 is 10.7 Å². The van der Waals surface area contributed by atoms with Gasteiger partial charge in [-0.15, -0.1) is 11.3 Å². The quantitative estimate of drug-likeness (QED) is 0.815. The molecule has 0 bridgehead atoms. The minimum Gasteiger partial charge on any atom is -0.375 e. The molecule has 2 rings (SSSR count). The molecular weight excluding hydrogens is 234 g/mol. The topological polar surface area (TPSA) is 71.8 Å². The summed E-state index contributed by atoms with van der Waals surface area (Å²) in [4.78, 5) is 19.0. The second-order valence-electron chi connectivity index (χ2n) is 4.94. The summed E-state index contributed by atoms with van der Waals surface area (Å²) < 4.78 is 0. The SMILES string of the molecule is CC(C)(C)c1ccc(-c2csc(N)n2)c(=O)[nH]1. The van der Waals surface area contributed by atoms with Crippen LogP contribution < -0.4 is 11.3 Å². The smallest absolute Gasteiger partial charge is 0.257 e. The molecule has 0 aliphatic rings. The number of hydrogen-bond acceptors (Lipinski definition) is 4. The average Bonchev–Trinajstić information content (AvgIpc) is 2.63. The van der Waals surface area contributed by atoms with Gasteiger partial charge in [-0.2, -0.15) is 0 Å². The van der Waals surface area contributed by atoms with Gasteiger partial charge in [0.25, 0.3) is 5.56 Å². The summed E-state index contributed by atoms with van der Waals surface area (Å²) in [5, 5.41) is 2.26. The Morgan fingerprint density at radius 1 is 1.35 bits per heavy atom. The largest absolute Gasteiger partial charge is 0.375 e. The highest BCUT2D eigenvalue weighted by Gasteiger charge is 2.16. The molecule has 5 heteroatoms. The van der Waals surface area contributed by atoms with E-state index in [1.165, 1.54) is 11.3 Å². The fraction of sp³-hybridized carbons (Fsp3) is 0.333. The van der Waals surface area contributed by atoms with Crippen LogP contribution >= 0.6 is 11.3 Å². The summed E-state index contributed by atoms with van der Waals surface area (Å²) in [6.07, 6.45) is 0. The highest BCUT2D eigenvalue weighted by Crippen LogP contribution is 2.23. The lowest BCUT2D eigenvalue weighted by Crippen LogP contribution is -2.20. The van der Waals surface area contributed by atoms with Gasteiger partial charge in [0.15, 0.2) is 5.13 Å². The number of pyridine rings is 1. The second kappa shape index (κ2) is 4.00. The van der Waals surface area contributed by atoms with E-state index in [4.69, 9.17) is 5.73 Å². The van der Waals surface area contributed by atoms with Crippen molar-refractivity contribution < 1.29 is 0 Å². The third-order valence-corrected chi connectivity index (χ3v) is 3.19. The first-order valence-corrected chi connectivity index (χ1v) is 6.21. The molecule has 2 aromatic rings. The predicted octanol–water partition coefficient (Wildman–Crippen LogP) is 2.38. The van der Waals surface area contributed by atoms with Crippen molar-refractivity contribution in [2.24, 2.45) is 0 Å². The zero-order chi connectivity index (χ0) is 12.6. The van der Waals surface area contributed by atoms with Crippen LogP contribution in [0.4, 0.5) is 5.13 Å². The van der Waals surface area contributed by atoms with Gasteiger partial charge in [-0.25, -0.2) is 4.98 Å². The van der Waals surface area contributed by atoms with Crippen LogP contribution in [0.2, 0.25) is 0 Å². The lowest BCUT2D eigenvalue weighted by Gasteiger charge is -2.18. The maximum Gasteiger partial charge on any atom is 0.257 e. The fourth-order valence-corrected chi connectivity index (χ4v) is 2.09. The predicted molar refractivity (Wildman–Crippen MR) is 71.3 cm³/mol. The molecular formula is C12H15N3OS. The first-order valence-electron chi connectivity index (χ1n) is 5.33. The highest BCUT2D eigenvalue weighted by atomic mass is 32.1. The number of hydrogen-bond donors (Lipinski definition) is 2. The Balaban J connectivity index is 2.50. The van der Waals surface area contributed by atoms with E-state index in [1.807, 2.05) is 6.07 Å². The number of nitrogens with two attached hydrogens (primary N) is 1. The molecule has 0 saturated heterocycles. The zero-order valence-electron chi connectivity index (χ0n) is 10.1. The number of H-pyrrole nitrogens is 1. The summed E-state index contributed by atoms with van der Waals surface area (Å²) in [5.74, 6) is 0. The normalized spacial score (nSPS) is 11.7. The number of aromatic nitrogens is 2. The van der Waals surface area contributed by atoms with Gasteiger partial charge in [0.1, 0.15) is 0 Å². The molecule has 0 radical (unpaired) electrons. The molecule has 0 aliphatic carbocycles. The van der Waals surface area contributed by atoms with E-state index in [9.17, 15) is 4.79 Å². The molecule has 0 aromatic carbocycles. The monoisotopic (exact) mass is 249 g/mol. The van der Waals surface area contributed by atoms with Gasteiger partial charge >= 0.3 is 0 Å². The Bertz CT molecular complexity index is 592. The van der Waals surface area contributed by atoms with Crippen LogP contribution in [0.25, 0.3) is 11.3 Å². The third kappa shape index (κ3) is 2.39. The first kappa shape index (κ1) is 11.9. The van der Waals surface area contributed by atoms with Gasteiger partial charge in [0, 0.05) is 16.5 Å². The average molecular weight is 249 g/mol. The van der Waals surface area contributed by atoms with E-state index < -0.39 is 0 Å². The molecule has 0 saturated carbocycles. The molecule has 17 heavy (non-hydrogen) atoms. The molecule has 2 aromatic heterocycles. The van der Waals surface area contributed by atoms with Crippen molar-refractivity contribution in [3.05, 3.63) is 33.6 Å². The van der Waals surface area contributed by atoms with E-state index in [2.05, 4.69) is 30.7 Å². The Hall–Kier alpha value is -1.62. The van der Waals surface area contributed by atoms with Crippen molar-refractivity contribution >= 4 is 16.5 Å². The lowest BCUT2D eigenvalue weighted by molar-refractivity contribution is 0.567. The second-order valence-corrected chi connectivity index (χ2v) is 5.83. The van der Waals surface area contributed by atoms with Crippen LogP contribution in [0, 0.1) is 0 Å². The molecule has 0 fully saturated rings. The maximum absolute atomic E-state index is 12.0. The van der Waals surface area contributed by atoms with Crippen molar-refractivity contribution in [1.82, 2.24) is 9.97 Å². The number of nitrogen functional groups attached to an aromatic ring is 1. The van der Waals surface area contributed by atoms with Gasteiger partial charge in [-0.3, -0.25) is 4.79 Å². The maximum atomic E-state index is 12.0. The summed E-state index contributed by atoms with van der Waals surface area (Å²) in [7, 11) is 0. The van der Waals surface area contributed by atoms with Gasteiger partial charge in [-0.1, -0.05) is 20.8 Å². The molecule has 0 amide bonds. The van der Waals surface area contributed by atoms with Crippen LogP contribution in [0.15, 0.2) is 22.3 Å². The highest BCUT2D eigenvalue weighted by molar-refractivity contribution is 7.13. The van der Waals surface area contributed by atoms with Crippen molar-refractivity contribution in [2.75, 3.05) is 5.73 Å². The zero-order valence-corrected chi connectivity index (χ0v) is 10.9. The third-order valence-electron chi connectivity index (χ3n) is 2.52. The van der Waals surface area contributed by atoms with E-state index >= 15 is 0 Å². The summed E-state index contributed by atoms with van der Waals surface area (Å²) >= 11 is 1.33. The molecule has 4 nitrogen and oxygen atoms in total. The minimum atomic E-state index is -0.122. The Morgan fingerprint density at radius 2 is 2.06 bits per heavy atom. The lowest BCUT2D eigenvalue weighted by atomic mass is 9.91. The number of aromatic amines is 1. The Morgan fingerprint density at radius 3 is 2.53 bits per heavy atom. The van der Waals surface area contributed by atoms with E-state index in [0.717, 1.165) is 5.69 Å². The van der Waals surface area contributed by atoms with Crippen molar-refractivity contribution in [2.45, 2.75) is 26.2 Å². The van der Waals surface area contributed by atoms with E-state index in [0.29, 0.717) is 16.4 Å². The van der Waals surface area contributed by atoms with Gasteiger partial charge in [-0.05, 0) is 12.1 Å². The number of rotatable bonds is 1. The van der Waals surface area contributed by atoms with Gasteiger partial charge in [0.2, 0.25) is 0 Å². The molecule has 0 atom stereocenters. The first-order chi connectivity index (χ1) is 7.88. The molecule has 0 aliphatic heterocycles. The van der Waals surface area contributed by atoms with Crippen molar-refractivity contribution in [3.8, 4) is 11.3 Å². The molecule has 0 spiro atoms. The molecule has 3 N–H and O–H groups in total. The summed E-state index contributed by atoms with van der Waals surface area (Å²) in [6.45, 7) is 6.16. The summed E-state index contributed by atoms with van der Waals surface area (Å²) in [5.41, 5.74) is 7.47. The number of nitrogens with one attached hydrogen (secondary N) is 1. The minimum absolute atomic E-state index is 0.0706.